The number of primary amides is 1. The summed E-state index contributed by atoms with van der Waals surface area (Å²) < 4.78 is 38.1. The molecule has 0 fully saturated rings. The lowest BCUT2D eigenvalue weighted by molar-refractivity contribution is -0.140. The molecule has 0 saturated heterocycles. The van der Waals surface area contributed by atoms with Gasteiger partial charge >= 0.3 is 5.97 Å². The van der Waals surface area contributed by atoms with Gasteiger partial charge in [0.05, 0.1) is 12.2 Å². The summed E-state index contributed by atoms with van der Waals surface area (Å²) >= 11 is 0. The first-order chi connectivity index (χ1) is 9.19. The fourth-order valence-electron chi connectivity index (χ4n) is 1.44. The number of rotatable bonds is 7. The monoisotopic (exact) mass is 304 g/mol. The van der Waals surface area contributed by atoms with E-state index < -0.39 is 45.9 Å². The third-order valence-corrected chi connectivity index (χ3v) is 3.65. The second kappa shape index (κ2) is 6.44. The Labute approximate surface area is 114 Å². The third-order valence-electron chi connectivity index (χ3n) is 2.30. The highest BCUT2D eigenvalue weighted by Gasteiger charge is 2.25. The molecule has 7 nitrogen and oxygen atoms in total. The maximum absolute atomic E-state index is 12.7. The molecule has 4 N–H and O–H groups in total. The summed E-state index contributed by atoms with van der Waals surface area (Å²) in [6.07, 6.45) is -0.655. The largest absolute Gasteiger partial charge is 0.480 e. The van der Waals surface area contributed by atoms with E-state index in [-0.39, 0.29) is 5.56 Å². The molecule has 1 rings (SSSR count). The molecular weight excluding hydrogens is 291 g/mol. The van der Waals surface area contributed by atoms with Gasteiger partial charge in [0, 0.05) is 0 Å². The topological polar surface area (TPSA) is 127 Å². The maximum atomic E-state index is 12.7. The predicted molar refractivity (Wildman–Crippen MR) is 67.4 cm³/mol. The molecule has 0 spiro atoms. The predicted octanol–water partition coefficient (Wildman–Crippen LogP) is -0.426. The molecule has 1 amide bonds. The van der Waals surface area contributed by atoms with Gasteiger partial charge in [-0.15, -0.1) is 0 Å². The molecule has 20 heavy (non-hydrogen) atoms. The molecule has 9 heteroatoms. The quantitative estimate of drug-likeness (QED) is 0.630. The van der Waals surface area contributed by atoms with Gasteiger partial charge in [0.15, 0.2) is 0 Å². The molecule has 1 aromatic carbocycles. The molecule has 110 valence electrons. The zero-order chi connectivity index (χ0) is 15.3. The molecule has 1 atom stereocenters. The minimum Gasteiger partial charge on any atom is -0.480 e. The molecule has 0 aliphatic carbocycles. The number of hydrogen-bond donors (Lipinski definition) is 3. The van der Waals surface area contributed by atoms with Crippen molar-refractivity contribution in [3.8, 4) is 0 Å². The Morgan fingerprint density at radius 1 is 1.30 bits per heavy atom. The van der Waals surface area contributed by atoms with Crippen LogP contribution in [0.2, 0.25) is 0 Å². The number of carboxylic acid groups (broad SMARTS) is 1. The van der Waals surface area contributed by atoms with E-state index in [1.165, 1.54) is 12.1 Å². The van der Waals surface area contributed by atoms with Crippen LogP contribution in [-0.4, -0.2) is 31.4 Å². The molecule has 0 aliphatic rings. The summed E-state index contributed by atoms with van der Waals surface area (Å²) in [4.78, 5) is 21.5. The smallest absolute Gasteiger partial charge is 0.322 e. The van der Waals surface area contributed by atoms with E-state index in [2.05, 4.69) is 0 Å². The summed E-state index contributed by atoms with van der Waals surface area (Å²) in [6.45, 7) is 0. The Hall–Kier alpha value is -2.00. The SMILES string of the molecule is NC(=O)CC(NS(=O)(=O)Cc1ccc(F)cc1)C(=O)O. The number of carbonyl (C=O) groups excluding carboxylic acids is 1. The Balaban J connectivity index is 2.79. The number of carboxylic acids is 1. The highest BCUT2D eigenvalue weighted by atomic mass is 32.2. The van der Waals surface area contributed by atoms with Gasteiger partial charge in [-0.2, -0.15) is 0 Å². The highest BCUT2D eigenvalue weighted by molar-refractivity contribution is 7.88. The van der Waals surface area contributed by atoms with Crippen LogP contribution in [0.5, 0.6) is 0 Å². The van der Waals surface area contributed by atoms with Crippen LogP contribution in [-0.2, 0) is 25.4 Å². The normalized spacial score (nSPS) is 12.8. The molecule has 0 aromatic heterocycles. The maximum Gasteiger partial charge on any atom is 0.322 e. The Kier molecular flexibility index (Phi) is 5.17. The summed E-state index contributed by atoms with van der Waals surface area (Å²) in [6, 6.07) is 3.07. The number of nitrogens with two attached hydrogens (primary N) is 1. The van der Waals surface area contributed by atoms with Crippen LogP contribution < -0.4 is 10.5 Å². The molecule has 0 heterocycles. The number of aliphatic carboxylic acids is 1. The van der Waals surface area contributed by atoms with Crippen molar-refractivity contribution in [3.05, 3.63) is 35.6 Å². The lowest BCUT2D eigenvalue weighted by Gasteiger charge is -2.13. The second-order valence-corrected chi connectivity index (χ2v) is 5.82. The molecule has 1 aromatic rings. The van der Waals surface area contributed by atoms with Gasteiger partial charge in [-0.25, -0.2) is 17.5 Å². The van der Waals surface area contributed by atoms with Crippen molar-refractivity contribution in [2.24, 2.45) is 5.73 Å². The van der Waals surface area contributed by atoms with Crippen LogP contribution in [0.1, 0.15) is 12.0 Å². The van der Waals surface area contributed by atoms with Crippen molar-refractivity contribution >= 4 is 21.9 Å². The zero-order valence-electron chi connectivity index (χ0n) is 10.2. The van der Waals surface area contributed by atoms with Crippen molar-refractivity contribution in [2.45, 2.75) is 18.2 Å². The number of carbonyl (C=O) groups is 2. The third kappa shape index (κ3) is 5.33. The standard InChI is InChI=1S/C11H13FN2O5S/c12-8-3-1-7(2-4-8)6-20(18,19)14-9(11(16)17)5-10(13)15/h1-4,9,14H,5-6H2,(H2,13,15)(H,16,17). The summed E-state index contributed by atoms with van der Waals surface area (Å²) in [5.41, 5.74) is 5.12. The second-order valence-electron chi connectivity index (χ2n) is 4.06. The molecule has 0 radical (unpaired) electrons. The van der Waals surface area contributed by atoms with E-state index in [1.807, 2.05) is 4.72 Å². The Morgan fingerprint density at radius 3 is 2.30 bits per heavy atom. The molecule has 1 unspecified atom stereocenters. The van der Waals surface area contributed by atoms with Gasteiger partial charge in [0.1, 0.15) is 11.9 Å². The summed E-state index contributed by atoms with van der Waals surface area (Å²) in [5, 5.41) is 8.80. The van der Waals surface area contributed by atoms with Crippen molar-refractivity contribution in [1.82, 2.24) is 4.72 Å². The van der Waals surface area contributed by atoms with Crippen LogP contribution in [0, 0.1) is 5.82 Å². The number of amides is 1. The zero-order valence-corrected chi connectivity index (χ0v) is 11.1. The average Bonchev–Trinajstić information content (AvgIpc) is 2.30. The van der Waals surface area contributed by atoms with Gasteiger partial charge in [-0.05, 0) is 17.7 Å². The van der Waals surface area contributed by atoms with Crippen LogP contribution in [0.15, 0.2) is 24.3 Å². The minimum atomic E-state index is -4.00. The minimum absolute atomic E-state index is 0.280. The number of sulfonamides is 1. The van der Waals surface area contributed by atoms with E-state index in [0.717, 1.165) is 12.1 Å². The van der Waals surface area contributed by atoms with Gasteiger partial charge in [-0.1, -0.05) is 12.1 Å². The van der Waals surface area contributed by atoms with E-state index in [0.29, 0.717) is 0 Å². The van der Waals surface area contributed by atoms with Crippen LogP contribution in [0.25, 0.3) is 0 Å². The number of benzene rings is 1. The fraction of sp³-hybridized carbons (Fsp3) is 0.273. The van der Waals surface area contributed by atoms with Gasteiger partial charge < -0.3 is 10.8 Å². The highest BCUT2D eigenvalue weighted by Crippen LogP contribution is 2.08. The Bertz CT molecular complexity index is 600. The van der Waals surface area contributed by atoms with Gasteiger partial charge in [-0.3, -0.25) is 9.59 Å². The van der Waals surface area contributed by atoms with Crippen molar-refractivity contribution in [2.75, 3.05) is 0 Å². The summed E-state index contributed by atoms with van der Waals surface area (Å²) in [5.74, 6) is -3.50. The first-order valence-electron chi connectivity index (χ1n) is 5.45. The van der Waals surface area contributed by atoms with E-state index >= 15 is 0 Å². The first kappa shape index (κ1) is 16.1. The van der Waals surface area contributed by atoms with Crippen molar-refractivity contribution < 1.29 is 27.5 Å². The molecule has 0 aliphatic heterocycles. The average molecular weight is 304 g/mol. The van der Waals surface area contributed by atoms with Crippen molar-refractivity contribution in [1.29, 1.82) is 0 Å². The molecular formula is C11H13FN2O5S. The molecule has 0 bridgehead atoms. The lowest BCUT2D eigenvalue weighted by Crippen LogP contribution is -2.43. The van der Waals surface area contributed by atoms with Crippen LogP contribution in [0.3, 0.4) is 0 Å². The van der Waals surface area contributed by atoms with Crippen molar-refractivity contribution in [3.63, 3.8) is 0 Å². The van der Waals surface area contributed by atoms with Gasteiger partial charge in [0.2, 0.25) is 15.9 Å². The first-order valence-corrected chi connectivity index (χ1v) is 7.10. The van der Waals surface area contributed by atoms with E-state index in [9.17, 15) is 22.4 Å². The number of nitrogens with one attached hydrogen (secondary N) is 1. The fourth-order valence-corrected chi connectivity index (χ4v) is 2.77. The lowest BCUT2D eigenvalue weighted by atomic mass is 10.2. The Morgan fingerprint density at radius 2 is 1.85 bits per heavy atom. The van der Waals surface area contributed by atoms with Crippen LogP contribution >= 0.6 is 0 Å². The number of hydrogen-bond acceptors (Lipinski definition) is 4. The van der Waals surface area contributed by atoms with E-state index in [4.69, 9.17) is 10.8 Å². The van der Waals surface area contributed by atoms with Crippen LogP contribution in [0.4, 0.5) is 4.39 Å². The number of halogens is 1. The summed E-state index contributed by atoms with van der Waals surface area (Å²) in [7, 11) is -4.00. The van der Waals surface area contributed by atoms with E-state index in [1.54, 1.807) is 0 Å². The molecule has 0 saturated carbocycles. The van der Waals surface area contributed by atoms with Gasteiger partial charge in [0.25, 0.3) is 0 Å².